The molecule has 5 heteroatoms. The molecule has 1 aromatic carbocycles. The van der Waals surface area contributed by atoms with Gasteiger partial charge in [0, 0.05) is 12.8 Å². The Bertz CT molecular complexity index is 656. The minimum atomic E-state index is -0.602. The topological polar surface area (TPSA) is 72.8 Å². The van der Waals surface area contributed by atoms with Crippen LogP contribution in [0.2, 0.25) is 0 Å². The van der Waals surface area contributed by atoms with Gasteiger partial charge in [-0.05, 0) is 43.0 Å². The average Bonchev–Trinajstić information content (AvgIpc) is 2.69. The van der Waals surface area contributed by atoms with Crippen molar-refractivity contribution in [1.29, 1.82) is 0 Å². The standard InChI is InChI=1S/C22H28O5/c1-26-21-16-13-18(14-17-21)12-15-20(24)9-6-4-3-5-8-19(23)10-7-11-22(25)27-2/h3-6,8-9,13-14,16-17,19,23H,7,10-12,15H2,1-2H3. The molecule has 1 N–H and O–H groups in total. The number of allylic oxidation sites excluding steroid dienone is 5. The Morgan fingerprint density at radius 1 is 1.04 bits per heavy atom. The SMILES string of the molecule is COC(=O)CCCC(O)C=CC=CC=CC(=O)CCc1ccc(OC)cc1. The average molecular weight is 372 g/mol. The Hall–Kier alpha value is -2.66. The molecule has 1 unspecified atom stereocenters. The first-order valence-corrected chi connectivity index (χ1v) is 8.97. The number of ether oxygens (including phenoxy) is 2. The van der Waals surface area contributed by atoms with Crippen LogP contribution in [0.25, 0.3) is 0 Å². The molecule has 146 valence electrons. The fourth-order valence-electron chi connectivity index (χ4n) is 2.28. The number of aliphatic hydroxyl groups is 1. The van der Waals surface area contributed by atoms with E-state index < -0.39 is 6.10 Å². The van der Waals surface area contributed by atoms with Gasteiger partial charge in [-0.2, -0.15) is 0 Å². The molecule has 1 rings (SSSR count). The maximum absolute atomic E-state index is 11.8. The molecule has 0 bridgehead atoms. The van der Waals surface area contributed by atoms with Crippen molar-refractivity contribution in [3.05, 3.63) is 66.3 Å². The van der Waals surface area contributed by atoms with Crippen LogP contribution in [0.1, 0.15) is 31.2 Å². The van der Waals surface area contributed by atoms with Crippen molar-refractivity contribution in [2.45, 2.75) is 38.2 Å². The lowest BCUT2D eigenvalue weighted by molar-refractivity contribution is -0.140. The number of hydrogen-bond donors (Lipinski definition) is 1. The third kappa shape index (κ3) is 10.8. The normalized spacial score (nSPS) is 12.7. The molecule has 0 spiro atoms. The summed E-state index contributed by atoms with van der Waals surface area (Å²) in [6.07, 6.45) is 12.0. The fraction of sp³-hybridized carbons (Fsp3) is 0.364. The van der Waals surface area contributed by atoms with Gasteiger partial charge in [0.2, 0.25) is 0 Å². The number of carbonyl (C=O) groups excluding carboxylic acids is 2. The van der Waals surface area contributed by atoms with Crippen LogP contribution in [0.3, 0.4) is 0 Å². The highest BCUT2D eigenvalue weighted by Crippen LogP contribution is 2.12. The molecule has 0 heterocycles. The van der Waals surface area contributed by atoms with Crippen LogP contribution in [0, 0.1) is 0 Å². The number of benzene rings is 1. The maximum Gasteiger partial charge on any atom is 0.305 e. The first-order chi connectivity index (χ1) is 13.0. The van der Waals surface area contributed by atoms with E-state index in [-0.39, 0.29) is 11.8 Å². The van der Waals surface area contributed by atoms with Crippen LogP contribution in [0.4, 0.5) is 0 Å². The van der Waals surface area contributed by atoms with Crippen LogP contribution >= 0.6 is 0 Å². The van der Waals surface area contributed by atoms with Gasteiger partial charge in [-0.3, -0.25) is 9.59 Å². The van der Waals surface area contributed by atoms with E-state index in [4.69, 9.17) is 4.74 Å². The third-order valence-electron chi connectivity index (χ3n) is 3.88. The monoisotopic (exact) mass is 372 g/mol. The summed E-state index contributed by atoms with van der Waals surface area (Å²) in [5.41, 5.74) is 1.09. The number of rotatable bonds is 12. The number of methoxy groups -OCH3 is 2. The molecule has 0 saturated carbocycles. The first-order valence-electron chi connectivity index (χ1n) is 8.97. The van der Waals surface area contributed by atoms with Crippen LogP contribution < -0.4 is 4.74 Å². The largest absolute Gasteiger partial charge is 0.497 e. The highest BCUT2D eigenvalue weighted by atomic mass is 16.5. The van der Waals surface area contributed by atoms with E-state index in [0.717, 1.165) is 11.3 Å². The summed E-state index contributed by atoms with van der Waals surface area (Å²) < 4.78 is 9.64. The van der Waals surface area contributed by atoms with Crippen molar-refractivity contribution in [3.63, 3.8) is 0 Å². The molecule has 0 aliphatic carbocycles. The van der Waals surface area contributed by atoms with Gasteiger partial charge in [0.1, 0.15) is 5.75 Å². The van der Waals surface area contributed by atoms with E-state index in [1.54, 1.807) is 43.6 Å². The Balaban J connectivity index is 2.23. The molecule has 0 aliphatic rings. The number of carbonyl (C=O) groups is 2. The second-order valence-corrected chi connectivity index (χ2v) is 5.98. The fourth-order valence-corrected chi connectivity index (χ4v) is 2.28. The van der Waals surface area contributed by atoms with E-state index in [1.807, 2.05) is 24.3 Å². The zero-order chi connectivity index (χ0) is 19.9. The second kappa shape index (κ2) is 13.5. The van der Waals surface area contributed by atoms with E-state index in [2.05, 4.69) is 4.74 Å². The van der Waals surface area contributed by atoms with Gasteiger partial charge in [-0.1, -0.05) is 42.5 Å². The predicted octanol–water partition coefficient (Wildman–Crippen LogP) is 3.57. The third-order valence-corrected chi connectivity index (χ3v) is 3.88. The molecular formula is C22H28O5. The van der Waals surface area contributed by atoms with Crippen LogP contribution in [0.5, 0.6) is 5.75 Å². The minimum absolute atomic E-state index is 0.0577. The molecule has 0 aliphatic heterocycles. The highest BCUT2D eigenvalue weighted by Gasteiger charge is 2.03. The van der Waals surface area contributed by atoms with Crippen molar-refractivity contribution in [2.24, 2.45) is 0 Å². The van der Waals surface area contributed by atoms with Gasteiger partial charge in [-0.25, -0.2) is 0 Å². The van der Waals surface area contributed by atoms with E-state index >= 15 is 0 Å². The van der Waals surface area contributed by atoms with Crippen molar-refractivity contribution in [1.82, 2.24) is 0 Å². The second-order valence-electron chi connectivity index (χ2n) is 5.98. The molecule has 0 saturated heterocycles. The van der Waals surface area contributed by atoms with Gasteiger partial charge >= 0.3 is 5.97 Å². The summed E-state index contributed by atoms with van der Waals surface area (Å²) in [6.45, 7) is 0. The van der Waals surface area contributed by atoms with E-state index in [0.29, 0.717) is 32.1 Å². The van der Waals surface area contributed by atoms with Crippen molar-refractivity contribution < 1.29 is 24.2 Å². The van der Waals surface area contributed by atoms with Gasteiger partial charge in [-0.15, -0.1) is 0 Å². The smallest absolute Gasteiger partial charge is 0.305 e. The van der Waals surface area contributed by atoms with Crippen molar-refractivity contribution in [3.8, 4) is 5.75 Å². The number of hydrogen-bond acceptors (Lipinski definition) is 5. The van der Waals surface area contributed by atoms with Crippen LogP contribution in [-0.2, 0) is 20.7 Å². The number of aryl methyl sites for hydroxylation is 1. The van der Waals surface area contributed by atoms with E-state index in [9.17, 15) is 14.7 Å². The summed E-state index contributed by atoms with van der Waals surface area (Å²) >= 11 is 0. The van der Waals surface area contributed by atoms with Gasteiger partial charge < -0.3 is 14.6 Å². The molecule has 0 amide bonds. The molecule has 0 fully saturated rings. The van der Waals surface area contributed by atoms with Gasteiger partial charge in [0.05, 0.1) is 20.3 Å². The van der Waals surface area contributed by atoms with Gasteiger partial charge in [0.25, 0.3) is 0 Å². The predicted molar refractivity (Wildman–Crippen MR) is 106 cm³/mol. The van der Waals surface area contributed by atoms with Crippen LogP contribution in [-0.4, -0.2) is 37.2 Å². The van der Waals surface area contributed by atoms with Crippen LogP contribution in [0.15, 0.2) is 60.7 Å². The zero-order valence-corrected chi connectivity index (χ0v) is 16.0. The summed E-state index contributed by atoms with van der Waals surface area (Å²) in [6, 6.07) is 7.68. The van der Waals surface area contributed by atoms with Crippen molar-refractivity contribution >= 4 is 11.8 Å². The molecule has 1 aromatic rings. The maximum atomic E-state index is 11.8. The Morgan fingerprint density at radius 2 is 1.74 bits per heavy atom. The molecule has 0 radical (unpaired) electrons. The van der Waals surface area contributed by atoms with Gasteiger partial charge in [0.15, 0.2) is 5.78 Å². The first kappa shape index (κ1) is 22.4. The lowest BCUT2D eigenvalue weighted by atomic mass is 10.1. The summed E-state index contributed by atoms with van der Waals surface area (Å²) in [7, 11) is 2.97. The highest BCUT2D eigenvalue weighted by molar-refractivity contribution is 5.90. The van der Waals surface area contributed by atoms with Crippen molar-refractivity contribution in [2.75, 3.05) is 14.2 Å². The summed E-state index contributed by atoms with van der Waals surface area (Å²) in [4.78, 5) is 22.8. The quantitative estimate of drug-likeness (QED) is 0.345. The molecular weight excluding hydrogens is 344 g/mol. The molecule has 27 heavy (non-hydrogen) atoms. The zero-order valence-electron chi connectivity index (χ0n) is 16.0. The number of esters is 1. The number of ketones is 1. The Labute approximate surface area is 161 Å². The molecule has 0 aromatic heterocycles. The Morgan fingerprint density at radius 3 is 2.41 bits per heavy atom. The molecule has 5 nitrogen and oxygen atoms in total. The lowest BCUT2D eigenvalue weighted by Gasteiger charge is -2.03. The summed E-state index contributed by atoms with van der Waals surface area (Å²) in [5.74, 6) is 0.590. The minimum Gasteiger partial charge on any atom is -0.497 e. The summed E-state index contributed by atoms with van der Waals surface area (Å²) in [5, 5.41) is 9.74. The lowest BCUT2D eigenvalue weighted by Crippen LogP contribution is -2.05. The molecule has 1 atom stereocenters. The Kier molecular flexibility index (Phi) is 11.2. The van der Waals surface area contributed by atoms with E-state index in [1.165, 1.54) is 7.11 Å². The number of aliphatic hydroxyl groups excluding tert-OH is 1.